The molecule has 1 aromatic rings. The molecular formula is C15H22FNO. The highest BCUT2D eigenvalue weighted by Gasteiger charge is 2.26. The molecule has 1 heterocycles. The number of hydrogen-bond donors (Lipinski definition) is 1. The summed E-state index contributed by atoms with van der Waals surface area (Å²) in [5.74, 6) is 0.673. The maximum atomic E-state index is 14.6. The average Bonchev–Trinajstić information content (AvgIpc) is 2.39. The summed E-state index contributed by atoms with van der Waals surface area (Å²) in [5.41, 5.74) is 0.672. The largest absolute Gasteiger partial charge is 0.491 e. The molecule has 0 aliphatic carbocycles. The van der Waals surface area contributed by atoms with Crippen molar-refractivity contribution >= 4 is 0 Å². The maximum Gasteiger partial charge on any atom is 0.144 e. The van der Waals surface area contributed by atoms with Gasteiger partial charge in [0, 0.05) is 11.6 Å². The van der Waals surface area contributed by atoms with Crippen LogP contribution in [-0.2, 0) is 0 Å². The Morgan fingerprint density at radius 1 is 1.28 bits per heavy atom. The van der Waals surface area contributed by atoms with Crippen LogP contribution in [0.1, 0.15) is 44.8 Å². The molecule has 0 bridgehead atoms. The molecule has 3 heteroatoms. The fourth-order valence-corrected chi connectivity index (χ4v) is 2.41. The Hall–Kier alpha value is -1.09. The molecular weight excluding hydrogens is 229 g/mol. The molecule has 1 aliphatic heterocycles. The number of benzene rings is 1. The zero-order valence-electron chi connectivity index (χ0n) is 11.2. The standard InChI is InChI=1S/C15H22FNO/c1-11(2)18-14-9-4-3-7-12(14)15(16)13-8-5-6-10-17-13/h3-4,7,9,11,13,15,17H,5-6,8,10H2,1-2H3. The highest BCUT2D eigenvalue weighted by Crippen LogP contribution is 2.33. The van der Waals surface area contributed by atoms with Crippen molar-refractivity contribution in [2.45, 2.75) is 51.4 Å². The van der Waals surface area contributed by atoms with Crippen molar-refractivity contribution in [3.8, 4) is 5.75 Å². The van der Waals surface area contributed by atoms with E-state index in [1.807, 2.05) is 38.1 Å². The number of para-hydroxylation sites is 1. The summed E-state index contributed by atoms with van der Waals surface area (Å²) in [6, 6.07) is 7.37. The minimum atomic E-state index is -0.986. The summed E-state index contributed by atoms with van der Waals surface area (Å²) >= 11 is 0. The predicted molar refractivity (Wildman–Crippen MR) is 71.7 cm³/mol. The van der Waals surface area contributed by atoms with E-state index >= 15 is 0 Å². The van der Waals surface area contributed by atoms with E-state index < -0.39 is 6.17 Å². The molecule has 18 heavy (non-hydrogen) atoms. The van der Waals surface area contributed by atoms with Crippen molar-refractivity contribution in [2.75, 3.05) is 6.54 Å². The van der Waals surface area contributed by atoms with Crippen LogP contribution >= 0.6 is 0 Å². The minimum Gasteiger partial charge on any atom is -0.491 e. The zero-order valence-corrected chi connectivity index (χ0v) is 11.2. The Labute approximate surface area is 109 Å². The fraction of sp³-hybridized carbons (Fsp3) is 0.600. The van der Waals surface area contributed by atoms with Crippen LogP contribution in [-0.4, -0.2) is 18.7 Å². The molecule has 1 N–H and O–H groups in total. The molecule has 2 unspecified atom stereocenters. The summed E-state index contributed by atoms with van der Waals surface area (Å²) in [6.07, 6.45) is 2.23. The summed E-state index contributed by atoms with van der Waals surface area (Å²) < 4.78 is 20.3. The van der Waals surface area contributed by atoms with Gasteiger partial charge in [-0.1, -0.05) is 24.6 Å². The molecule has 2 atom stereocenters. The van der Waals surface area contributed by atoms with Gasteiger partial charge >= 0.3 is 0 Å². The van der Waals surface area contributed by atoms with E-state index in [9.17, 15) is 4.39 Å². The van der Waals surface area contributed by atoms with Gasteiger partial charge in [0.25, 0.3) is 0 Å². The second kappa shape index (κ2) is 6.19. The molecule has 0 radical (unpaired) electrons. The number of piperidine rings is 1. The first-order valence-electron chi connectivity index (χ1n) is 6.81. The van der Waals surface area contributed by atoms with E-state index in [1.165, 1.54) is 0 Å². The molecule has 0 aromatic heterocycles. The van der Waals surface area contributed by atoms with E-state index in [1.54, 1.807) is 0 Å². The van der Waals surface area contributed by atoms with Gasteiger partial charge in [0.1, 0.15) is 11.9 Å². The Morgan fingerprint density at radius 2 is 2.06 bits per heavy atom. The predicted octanol–water partition coefficient (Wildman–Crippen LogP) is 3.63. The quantitative estimate of drug-likeness (QED) is 0.882. The van der Waals surface area contributed by atoms with Crippen molar-refractivity contribution < 1.29 is 9.13 Å². The molecule has 1 saturated heterocycles. The van der Waals surface area contributed by atoms with Gasteiger partial charge in [0.2, 0.25) is 0 Å². The lowest BCUT2D eigenvalue weighted by atomic mass is 9.95. The highest BCUT2D eigenvalue weighted by molar-refractivity contribution is 5.36. The molecule has 1 aromatic carbocycles. The number of nitrogens with one attached hydrogen (secondary N) is 1. The van der Waals surface area contributed by atoms with E-state index in [4.69, 9.17) is 4.74 Å². The highest BCUT2D eigenvalue weighted by atomic mass is 19.1. The number of rotatable bonds is 4. The average molecular weight is 251 g/mol. The van der Waals surface area contributed by atoms with Crippen molar-refractivity contribution in [1.29, 1.82) is 0 Å². The van der Waals surface area contributed by atoms with Crippen LogP contribution < -0.4 is 10.1 Å². The first-order valence-corrected chi connectivity index (χ1v) is 6.81. The molecule has 2 nitrogen and oxygen atoms in total. The first kappa shape index (κ1) is 13.3. The van der Waals surface area contributed by atoms with Gasteiger partial charge in [-0.2, -0.15) is 0 Å². The maximum absolute atomic E-state index is 14.6. The number of ether oxygens (including phenoxy) is 1. The van der Waals surface area contributed by atoms with Crippen molar-refractivity contribution in [3.05, 3.63) is 29.8 Å². The van der Waals surface area contributed by atoms with Crippen LogP contribution in [0.2, 0.25) is 0 Å². The van der Waals surface area contributed by atoms with Gasteiger partial charge in [0.05, 0.1) is 6.10 Å². The number of alkyl halides is 1. The third-order valence-corrected chi connectivity index (χ3v) is 3.28. The van der Waals surface area contributed by atoms with Gasteiger partial charge in [-0.3, -0.25) is 0 Å². The summed E-state index contributed by atoms with van der Waals surface area (Å²) in [5, 5.41) is 3.27. The van der Waals surface area contributed by atoms with Crippen molar-refractivity contribution in [2.24, 2.45) is 0 Å². The lowest BCUT2D eigenvalue weighted by Gasteiger charge is -2.28. The second-order valence-corrected chi connectivity index (χ2v) is 5.16. The van der Waals surface area contributed by atoms with Crippen LogP contribution in [0.3, 0.4) is 0 Å². The van der Waals surface area contributed by atoms with Gasteiger partial charge in [-0.25, -0.2) is 4.39 Å². The van der Waals surface area contributed by atoms with Crippen molar-refractivity contribution in [3.63, 3.8) is 0 Å². The van der Waals surface area contributed by atoms with Crippen LogP contribution in [0, 0.1) is 0 Å². The monoisotopic (exact) mass is 251 g/mol. The van der Waals surface area contributed by atoms with E-state index in [-0.39, 0.29) is 12.1 Å². The number of hydrogen-bond acceptors (Lipinski definition) is 2. The van der Waals surface area contributed by atoms with Crippen LogP contribution in [0.25, 0.3) is 0 Å². The number of halogens is 1. The molecule has 2 rings (SSSR count). The van der Waals surface area contributed by atoms with E-state index in [2.05, 4.69) is 5.32 Å². The Balaban J connectivity index is 2.15. The Kier molecular flexibility index (Phi) is 4.59. The van der Waals surface area contributed by atoms with Gasteiger partial charge in [0.15, 0.2) is 0 Å². The molecule has 100 valence electrons. The molecule has 1 fully saturated rings. The Morgan fingerprint density at radius 3 is 2.72 bits per heavy atom. The summed E-state index contributed by atoms with van der Waals surface area (Å²) in [6.45, 7) is 4.84. The molecule has 0 amide bonds. The first-order chi connectivity index (χ1) is 8.68. The lowest BCUT2D eigenvalue weighted by Crippen LogP contribution is -2.37. The van der Waals surface area contributed by atoms with Crippen LogP contribution in [0.4, 0.5) is 4.39 Å². The van der Waals surface area contributed by atoms with Gasteiger partial charge in [-0.15, -0.1) is 0 Å². The lowest BCUT2D eigenvalue weighted by molar-refractivity contribution is 0.199. The van der Waals surface area contributed by atoms with Gasteiger partial charge in [-0.05, 0) is 39.3 Å². The Bertz CT molecular complexity index is 375. The minimum absolute atomic E-state index is 0.0673. The van der Waals surface area contributed by atoms with E-state index in [0.29, 0.717) is 11.3 Å². The van der Waals surface area contributed by atoms with Crippen LogP contribution in [0.15, 0.2) is 24.3 Å². The topological polar surface area (TPSA) is 21.3 Å². The van der Waals surface area contributed by atoms with E-state index in [0.717, 1.165) is 25.8 Å². The molecule has 0 saturated carbocycles. The summed E-state index contributed by atoms with van der Waals surface area (Å²) in [7, 11) is 0. The summed E-state index contributed by atoms with van der Waals surface area (Å²) in [4.78, 5) is 0. The molecule has 0 spiro atoms. The van der Waals surface area contributed by atoms with Crippen molar-refractivity contribution in [1.82, 2.24) is 5.32 Å². The third-order valence-electron chi connectivity index (χ3n) is 3.28. The smallest absolute Gasteiger partial charge is 0.144 e. The second-order valence-electron chi connectivity index (χ2n) is 5.16. The SMILES string of the molecule is CC(C)Oc1ccccc1C(F)C1CCCCN1. The zero-order chi connectivity index (χ0) is 13.0. The normalized spacial score (nSPS) is 21.9. The van der Waals surface area contributed by atoms with Gasteiger partial charge < -0.3 is 10.1 Å². The molecule has 1 aliphatic rings. The van der Waals surface area contributed by atoms with Crippen LogP contribution in [0.5, 0.6) is 5.75 Å². The third kappa shape index (κ3) is 3.22. The fourth-order valence-electron chi connectivity index (χ4n) is 2.41.